The van der Waals surface area contributed by atoms with Crippen LogP contribution in [0.1, 0.15) is 0 Å². The van der Waals surface area contributed by atoms with Crippen molar-refractivity contribution in [3.05, 3.63) is 27.8 Å². The van der Waals surface area contributed by atoms with Gasteiger partial charge in [-0.1, -0.05) is 23.2 Å². The zero-order valence-corrected chi connectivity index (χ0v) is 9.20. The Kier molecular flexibility index (Phi) is 2.58. The molecule has 72 valence electrons. The molecule has 0 spiro atoms. The molecule has 0 aliphatic heterocycles. The first-order chi connectivity index (χ1) is 6.66. The van der Waals surface area contributed by atoms with Gasteiger partial charge in [-0.15, -0.1) is 11.3 Å². The maximum Gasteiger partial charge on any atom is 0.221 e. The molecular formula is C8H5Cl2N3S. The monoisotopic (exact) mass is 245 g/mol. The Bertz CT molecular complexity index is 469. The molecule has 0 saturated heterocycles. The fourth-order valence-corrected chi connectivity index (χ4v) is 2.35. The van der Waals surface area contributed by atoms with Crippen molar-refractivity contribution in [3.63, 3.8) is 0 Å². The third-order valence-electron chi connectivity index (χ3n) is 1.60. The minimum Gasteiger partial charge on any atom is -0.368 e. The molecule has 2 aromatic rings. The number of nitrogens with two attached hydrogens (primary N) is 1. The number of hydrogen-bond donors (Lipinski definition) is 1. The van der Waals surface area contributed by atoms with Crippen LogP contribution in [0.4, 0.5) is 5.95 Å². The number of halogens is 2. The van der Waals surface area contributed by atoms with Crippen molar-refractivity contribution in [1.82, 2.24) is 9.97 Å². The molecule has 0 fully saturated rings. The smallest absolute Gasteiger partial charge is 0.221 e. The summed E-state index contributed by atoms with van der Waals surface area (Å²) in [5.74, 6) is 0.168. The van der Waals surface area contributed by atoms with E-state index in [2.05, 4.69) is 9.97 Å². The highest BCUT2D eigenvalue weighted by atomic mass is 35.5. The second kappa shape index (κ2) is 3.73. The van der Waals surface area contributed by atoms with E-state index in [4.69, 9.17) is 28.9 Å². The van der Waals surface area contributed by atoms with Crippen LogP contribution in [0.3, 0.4) is 0 Å². The van der Waals surface area contributed by atoms with Crippen LogP contribution in [0.15, 0.2) is 18.3 Å². The van der Waals surface area contributed by atoms with Crippen molar-refractivity contribution in [3.8, 4) is 10.4 Å². The Balaban J connectivity index is 2.52. The lowest BCUT2D eigenvalue weighted by atomic mass is 10.3. The van der Waals surface area contributed by atoms with E-state index in [1.54, 1.807) is 12.3 Å². The van der Waals surface area contributed by atoms with Crippen LogP contribution in [-0.4, -0.2) is 9.97 Å². The van der Waals surface area contributed by atoms with E-state index in [1.165, 1.54) is 11.3 Å². The molecule has 2 rings (SSSR count). The third kappa shape index (κ3) is 1.82. The standard InChI is InChI=1S/C8H5Cl2N3S/c9-6-2-1-5(14-6)4-3-12-8(11)13-7(4)10/h1-3H,(H2,11,12,13). The first-order valence-electron chi connectivity index (χ1n) is 3.70. The molecule has 0 unspecified atom stereocenters. The minimum absolute atomic E-state index is 0.168. The minimum atomic E-state index is 0.168. The second-order valence-corrected chi connectivity index (χ2v) is 4.61. The van der Waals surface area contributed by atoms with Gasteiger partial charge in [0.2, 0.25) is 5.95 Å². The molecule has 2 N–H and O–H groups in total. The molecule has 0 aliphatic rings. The quantitative estimate of drug-likeness (QED) is 0.786. The van der Waals surface area contributed by atoms with Gasteiger partial charge in [-0.2, -0.15) is 0 Å². The maximum absolute atomic E-state index is 5.91. The van der Waals surface area contributed by atoms with Crippen LogP contribution in [0, 0.1) is 0 Å². The van der Waals surface area contributed by atoms with Crippen LogP contribution in [0.2, 0.25) is 9.49 Å². The molecule has 0 aromatic carbocycles. The largest absolute Gasteiger partial charge is 0.368 e. The molecule has 14 heavy (non-hydrogen) atoms. The average molecular weight is 246 g/mol. The molecule has 0 aliphatic carbocycles. The van der Waals surface area contributed by atoms with Crippen LogP contribution in [0.5, 0.6) is 0 Å². The molecule has 0 saturated carbocycles. The van der Waals surface area contributed by atoms with Gasteiger partial charge in [-0.25, -0.2) is 9.97 Å². The van der Waals surface area contributed by atoms with Gasteiger partial charge in [-0.05, 0) is 12.1 Å². The lowest BCUT2D eigenvalue weighted by Gasteiger charge is -1.99. The first kappa shape index (κ1) is 9.71. The summed E-state index contributed by atoms with van der Waals surface area (Å²) in [5, 5.41) is 0.344. The zero-order valence-electron chi connectivity index (χ0n) is 6.87. The summed E-state index contributed by atoms with van der Waals surface area (Å²) in [6, 6.07) is 3.67. The zero-order chi connectivity index (χ0) is 10.1. The fraction of sp³-hybridized carbons (Fsp3) is 0. The van der Waals surface area contributed by atoms with Crippen molar-refractivity contribution < 1.29 is 0 Å². The molecule has 2 heterocycles. The second-order valence-electron chi connectivity index (χ2n) is 2.54. The highest BCUT2D eigenvalue weighted by molar-refractivity contribution is 7.19. The summed E-state index contributed by atoms with van der Waals surface area (Å²) < 4.78 is 0.702. The van der Waals surface area contributed by atoms with E-state index in [0.29, 0.717) is 9.49 Å². The van der Waals surface area contributed by atoms with Gasteiger partial charge in [0.25, 0.3) is 0 Å². The summed E-state index contributed by atoms with van der Waals surface area (Å²) in [7, 11) is 0. The number of aromatic nitrogens is 2. The first-order valence-corrected chi connectivity index (χ1v) is 5.28. The highest BCUT2D eigenvalue weighted by Gasteiger charge is 2.08. The van der Waals surface area contributed by atoms with Gasteiger partial charge >= 0.3 is 0 Å². The van der Waals surface area contributed by atoms with Gasteiger partial charge < -0.3 is 5.73 Å². The van der Waals surface area contributed by atoms with Gasteiger partial charge in [0.1, 0.15) is 5.15 Å². The van der Waals surface area contributed by atoms with E-state index < -0.39 is 0 Å². The molecule has 0 radical (unpaired) electrons. The van der Waals surface area contributed by atoms with Crippen molar-refractivity contribution in [2.75, 3.05) is 5.73 Å². The van der Waals surface area contributed by atoms with Crippen LogP contribution in [-0.2, 0) is 0 Å². The average Bonchev–Trinajstić information content (AvgIpc) is 2.51. The molecule has 0 atom stereocenters. The SMILES string of the molecule is Nc1ncc(-c2ccc(Cl)s2)c(Cl)n1. The Labute approximate surface area is 94.5 Å². The third-order valence-corrected chi connectivity index (χ3v) is 3.15. The molecule has 6 heteroatoms. The highest BCUT2D eigenvalue weighted by Crippen LogP contribution is 2.33. The van der Waals surface area contributed by atoms with E-state index in [-0.39, 0.29) is 5.95 Å². The Morgan fingerprint density at radius 2 is 2.07 bits per heavy atom. The number of rotatable bonds is 1. The molecular weight excluding hydrogens is 241 g/mol. The Morgan fingerprint density at radius 1 is 1.29 bits per heavy atom. The van der Waals surface area contributed by atoms with E-state index >= 15 is 0 Å². The Morgan fingerprint density at radius 3 is 2.64 bits per heavy atom. The normalized spacial score (nSPS) is 10.4. The Hall–Kier alpha value is -0.840. The molecule has 3 nitrogen and oxygen atoms in total. The lowest BCUT2D eigenvalue weighted by molar-refractivity contribution is 1.19. The van der Waals surface area contributed by atoms with Crippen molar-refractivity contribution >= 4 is 40.5 Å². The fourth-order valence-electron chi connectivity index (χ4n) is 0.998. The van der Waals surface area contributed by atoms with E-state index in [9.17, 15) is 0 Å². The number of anilines is 1. The van der Waals surface area contributed by atoms with Gasteiger partial charge in [0, 0.05) is 16.6 Å². The van der Waals surface area contributed by atoms with E-state index in [0.717, 1.165) is 10.4 Å². The van der Waals surface area contributed by atoms with Crippen molar-refractivity contribution in [2.45, 2.75) is 0 Å². The van der Waals surface area contributed by atoms with Gasteiger partial charge in [0.05, 0.1) is 4.34 Å². The van der Waals surface area contributed by atoms with E-state index in [1.807, 2.05) is 6.07 Å². The number of nitrogen functional groups attached to an aromatic ring is 1. The predicted molar refractivity (Wildman–Crippen MR) is 59.8 cm³/mol. The lowest BCUT2D eigenvalue weighted by Crippen LogP contribution is -1.94. The summed E-state index contributed by atoms with van der Waals surface area (Å²) >= 11 is 13.1. The van der Waals surface area contributed by atoms with Crippen molar-refractivity contribution in [2.24, 2.45) is 0 Å². The summed E-state index contributed by atoms with van der Waals surface area (Å²) in [4.78, 5) is 8.66. The summed E-state index contributed by atoms with van der Waals surface area (Å²) in [5.41, 5.74) is 6.13. The van der Waals surface area contributed by atoms with Crippen LogP contribution < -0.4 is 5.73 Å². The summed E-state index contributed by atoms with van der Waals surface area (Å²) in [6.45, 7) is 0. The predicted octanol–water partition coefficient (Wildman–Crippen LogP) is 3.09. The van der Waals surface area contributed by atoms with Crippen LogP contribution in [0.25, 0.3) is 10.4 Å². The maximum atomic E-state index is 5.91. The number of nitrogens with zero attached hydrogens (tertiary/aromatic N) is 2. The topological polar surface area (TPSA) is 51.8 Å². The summed E-state index contributed by atoms with van der Waals surface area (Å²) in [6.07, 6.45) is 1.59. The molecule has 0 amide bonds. The number of thiophene rings is 1. The van der Waals surface area contributed by atoms with Gasteiger partial charge in [-0.3, -0.25) is 0 Å². The van der Waals surface area contributed by atoms with Crippen molar-refractivity contribution in [1.29, 1.82) is 0 Å². The number of hydrogen-bond acceptors (Lipinski definition) is 4. The van der Waals surface area contributed by atoms with Crippen LogP contribution >= 0.6 is 34.5 Å². The molecule has 0 bridgehead atoms. The van der Waals surface area contributed by atoms with Gasteiger partial charge in [0.15, 0.2) is 0 Å². The molecule has 2 aromatic heterocycles.